The lowest BCUT2D eigenvalue weighted by molar-refractivity contribution is 0.344. The van der Waals surface area contributed by atoms with Crippen LogP contribution in [0.4, 0.5) is 0 Å². The summed E-state index contributed by atoms with van der Waals surface area (Å²) < 4.78 is 0. The summed E-state index contributed by atoms with van der Waals surface area (Å²) in [4.78, 5) is 0. The van der Waals surface area contributed by atoms with E-state index in [0.29, 0.717) is 5.41 Å². The minimum Gasteiger partial charge on any atom is -0.316 e. The molecule has 0 radical (unpaired) electrons. The zero-order valence-electron chi connectivity index (χ0n) is 9.48. The lowest BCUT2D eigenvalue weighted by Gasteiger charge is -2.21. The van der Waals surface area contributed by atoms with Gasteiger partial charge in [0.2, 0.25) is 0 Å². The third kappa shape index (κ3) is 4.10. The molecular formula is C11H24N2. The van der Waals surface area contributed by atoms with Crippen LogP contribution in [0.5, 0.6) is 0 Å². The topological polar surface area (TPSA) is 24.1 Å². The van der Waals surface area contributed by atoms with Gasteiger partial charge in [0.15, 0.2) is 0 Å². The maximum Gasteiger partial charge on any atom is 0.000000196 e. The highest BCUT2D eigenvalue weighted by molar-refractivity contribution is 4.80. The average Bonchev–Trinajstić information content (AvgIpc) is 2.34. The molecule has 0 aromatic carbocycles. The van der Waals surface area contributed by atoms with Crippen molar-refractivity contribution < 1.29 is 0 Å². The Bertz CT molecular complexity index is 149. The van der Waals surface area contributed by atoms with E-state index in [2.05, 4.69) is 38.3 Å². The second-order valence-electron chi connectivity index (χ2n) is 5.59. The van der Waals surface area contributed by atoms with Gasteiger partial charge < -0.3 is 10.6 Å². The molecule has 1 fully saturated rings. The molecule has 0 unspecified atom stereocenters. The van der Waals surface area contributed by atoms with E-state index in [1.165, 1.54) is 19.6 Å². The third-order valence-corrected chi connectivity index (χ3v) is 2.74. The van der Waals surface area contributed by atoms with Gasteiger partial charge in [0.05, 0.1) is 0 Å². The summed E-state index contributed by atoms with van der Waals surface area (Å²) >= 11 is 0. The van der Waals surface area contributed by atoms with Crippen LogP contribution in [0.25, 0.3) is 0 Å². The summed E-state index contributed by atoms with van der Waals surface area (Å²) in [6, 6.07) is 0. The SMILES string of the molecule is C[C@@H]1CNC[C@H]1CNCC(C)(C)C. The zero-order valence-corrected chi connectivity index (χ0v) is 9.48. The third-order valence-electron chi connectivity index (χ3n) is 2.74. The van der Waals surface area contributed by atoms with E-state index >= 15 is 0 Å². The molecular weight excluding hydrogens is 160 g/mol. The molecule has 78 valence electrons. The van der Waals surface area contributed by atoms with Crippen molar-refractivity contribution in [1.82, 2.24) is 10.6 Å². The standard InChI is InChI=1S/C11H24N2/c1-9-5-12-6-10(9)7-13-8-11(2,3)4/h9-10,12-13H,5-8H2,1-4H3/t9-,10+/m1/s1. The molecule has 1 rings (SSSR count). The van der Waals surface area contributed by atoms with Gasteiger partial charge in [-0.25, -0.2) is 0 Å². The van der Waals surface area contributed by atoms with E-state index in [1.807, 2.05) is 0 Å². The van der Waals surface area contributed by atoms with Crippen LogP contribution < -0.4 is 10.6 Å². The first-order chi connectivity index (χ1) is 5.99. The molecule has 0 bridgehead atoms. The molecule has 0 aromatic rings. The summed E-state index contributed by atoms with van der Waals surface area (Å²) in [5.41, 5.74) is 0.412. The second-order valence-corrected chi connectivity index (χ2v) is 5.59. The minimum absolute atomic E-state index is 0.412. The largest absolute Gasteiger partial charge is 0.316 e. The summed E-state index contributed by atoms with van der Waals surface area (Å²) in [6.45, 7) is 13.8. The van der Waals surface area contributed by atoms with E-state index in [0.717, 1.165) is 18.4 Å². The summed E-state index contributed by atoms with van der Waals surface area (Å²) in [7, 11) is 0. The summed E-state index contributed by atoms with van der Waals surface area (Å²) in [6.07, 6.45) is 0. The lowest BCUT2D eigenvalue weighted by Crippen LogP contribution is -2.33. The molecule has 0 aliphatic carbocycles. The van der Waals surface area contributed by atoms with Gasteiger partial charge in [-0.15, -0.1) is 0 Å². The van der Waals surface area contributed by atoms with Crippen molar-refractivity contribution in [3.05, 3.63) is 0 Å². The Hall–Kier alpha value is -0.0800. The quantitative estimate of drug-likeness (QED) is 0.694. The molecule has 1 saturated heterocycles. The van der Waals surface area contributed by atoms with Gasteiger partial charge in [0, 0.05) is 6.54 Å². The maximum absolute atomic E-state index is 3.56. The number of hydrogen-bond acceptors (Lipinski definition) is 2. The molecule has 1 heterocycles. The van der Waals surface area contributed by atoms with Gasteiger partial charge >= 0.3 is 0 Å². The first-order valence-electron chi connectivity index (χ1n) is 5.40. The van der Waals surface area contributed by atoms with Crippen molar-refractivity contribution in [3.63, 3.8) is 0 Å². The van der Waals surface area contributed by atoms with Crippen molar-refractivity contribution in [2.24, 2.45) is 17.3 Å². The Morgan fingerprint density at radius 1 is 1.31 bits per heavy atom. The van der Waals surface area contributed by atoms with Gasteiger partial charge in [-0.1, -0.05) is 27.7 Å². The molecule has 2 N–H and O–H groups in total. The van der Waals surface area contributed by atoms with Crippen molar-refractivity contribution >= 4 is 0 Å². The molecule has 0 aromatic heterocycles. The molecule has 13 heavy (non-hydrogen) atoms. The molecule has 2 heteroatoms. The van der Waals surface area contributed by atoms with Gasteiger partial charge in [-0.3, -0.25) is 0 Å². The fourth-order valence-corrected chi connectivity index (χ4v) is 1.77. The second kappa shape index (κ2) is 4.43. The van der Waals surface area contributed by atoms with Gasteiger partial charge in [-0.2, -0.15) is 0 Å². The van der Waals surface area contributed by atoms with Crippen molar-refractivity contribution in [2.45, 2.75) is 27.7 Å². The number of rotatable bonds is 3. The Morgan fingerprint density at radius 2 is 2.00 bits per heavy atom. The monoisotopic (exact) mass is 184 g/mol. The Balaban J connectivity index is 2.12. The Labute approximate surface area is 82.5 Å². The zero-order chi connectivity index (χ0) is 9.90. The van der Waals surface area contributed by atoms with Crippen molar-refractivity contribution in [2.75, 3.05) is 26.2 Å². The fraction of sp³-hybridized carbons (Fsp3) is 1.00. The first kappa shape index (κ1) is 11.0. The first-order valence-corrected chi connectivity index (χ1v) is 5.40. The highest BCUT2D eigenvalue weighted by Gasteiger charge is 2.22. The summed E-state index contributed by atoms with van der Waals surface area (Å²) in [5.74, 6) is 1.68. The van der Waals surface area contributed by atoms with Gasteiger partial charge in [-0.05, 0) is 36.9 Å². The highest BCUT2D eigenvalue weighted by atomic mass is 15.0. The number of nitrogens with one attached hydrogen (secondary N) is 2. The molecule has 2 nitrogen and oxygen atoms in total. The summed E-state index contributed by atoms with van der Waals surface area (Å²) in [5, 5.41) is 6.99. The lowest BCUT2D eigenvalue weighted by atomic mass is 9.95. The van der Waals surface area contributed by atoms with E-state index in [-0.39, 0.29) is 0 Å². The Morgan fingerprint density at radius 3 is 2.46 bits per heavy atom. The van der Waals surface area contributed by atoms with E-state index in [1.54, 1.807) is 0 Å². The molecule has 0 saturated carbocycles. The van der Waals surface area contributed by atoms with Crippen LogP contribution in [0.3, 0.4) is 0 Å². The van der Waals surface area contributed by atoms with Crippen molar-refractivity contribution in [1.29, 1.82) is 0 Å². The van der Waals surface area contributed by atoms with Crippen LogP contribution in [-0.2, 0) is 0 Å². The van der Waals surface area contributed by atoms with E-state index in [4.69, 9.17) is 0 Å². The van der Waals surface area contributed by atoms with Crippen LogP contribution in [-0.4, -0.2) is 26.2 Å². The van der Waals surface area contributed by atoms with Crippen LogP contribution in [0, 0.1) is 17.3 Å². The molecule has 2 atom stereocenters. The number of hydrogen-bond donors (Lipinski definition) is 2. The van der Waals surface area contributed by atoms with Gasteiger partial charge in [0.25, 0.3) is 0 Å². The van der Waals surface area contributed by atoms with Crippen LogP contribution in [0.15, 0.2) is 0 Å². The molecule has 1 aliphatic rings. The van der Waals surface area contributed by atoms with E-state index in [9.17, 15) is 0 Å². The fourth-order valence-electron chi connectivity index (χ4n) is 1.77. The normalized spacial score (nSPS) is 29.5. The predicted molar refractivity (Wildman–Crippen MR) is 57.8 cm³/mol. The maximum atomic E-state index is 3.56. The van der Waals surface area contributed by atoms with Crippen molar-refractivity contribution in [3.8, 4) is 0 Å². The predicted octanol–water partition coefficient (Wildman–Crippen LogP) is 1.48. The van der Waals surface area contributed by atoms with Crippen LogP contribution in [0.2, 0.25) is 0 Å². The average molecular weight is 184 g/mol. The van der Waals surface area contributed by atoms with E-state index < -0.39 is 0 Å². The molecule has 0 spiro atoms. The van der Waals surface area contributed by atoms with Crippen LogP contribution >= 0.6 is 0 Å². The minimum atomic E-state index is 0.412. The van der Waals surface area contributed by atoms with Crippen LogP contribution in [0.1, 0.15) is 27.7 Å². The van der Waals surface area contributed by atoms with Gasteiger partial charge in [0.1, 0.15) is 0 Å². The highest BCUT2D eigenvalue weighted by Crippen LogP contribution is 2.15. The molecule has 0 amide bonds. The molecule has 1 aliphatic heterocycles. The smallest absolute Gasteiger partial charge is 0.000000196 e. The Kier molecular flexibility index (Phi) is 3.74.